The number of methoxy groups -OCH3 is 1. The fourth-order valence-electron chi connectivity index (χ4n) is 3.28. The van der Waals surface area contributed by atoms with E-state index in [2.05, 4.69) is 34.1 Å². The van der Waals surface area contributed by atoms with E-state index in [4.69, 9.17) is 9.72 Å². The number of hydrogen-bond acceptors (Lipinski definition) is 3. The predicted molar refractivity (Wildman–Crippen MR) is 97.2 cm³/mol. The normalized spacial score (nSPS) is 17.1. The van der Waals surface area contributed by atoms with Crippen LogP contribution < -0.4 is 10.1 Å². The van der Waals surface area contributed by atoms with Crippen molar-refractivity contribution in [3.8, 4) is 5.75 Å². The summed E-state index contributed by atoms with van der Waals surface area (Å²) in [6.07, 6.45) is 9.94. The number of benzene rings is 1. The largest absolute Gasteiger partial charge is 0.497 e. The van der Waals surface area contributed by atoms with E-state index in [0.717, 1.165) is 47.9 Å². The van der Waals surface area contributed by atoms with Gasteiger partial charge in [-0.1, -0.05) is 18.2 Å². The maximum atomic E-state index is 5.24. The molecule has 1 atom stereocenters. The number of imidazole rings is 1. The van der Waals surface area contributed by atoms with Crippen molar-refractivity contribution in [2.75, 3.05) is 12.4 Å². The third kappa shape index (κ3) is 2.75. The third-order valence-electron chi connectivity index (χ3n) is 4.57. The van der Waals surface area contributed by atoms with Gasteiger partial charge in [0.25, 0.3) is 0 Å². The van der Waals surface area contributed by atoms with Gasteiger partial charge in [-0.2, -0.15) is 0 Å². The monoisotopic (exact) mass is 319 g/mol. The summed E-state index contributed by atoms with van der Waals surface area (Å²) in [7, 11) is 1.68. The highest BCUT2D eigenvalue weighted by atomic mass is 16.5. The van der Waals surface area contributed by atoms with Crippen LogP contribution in [0.1, 0.15) is 30.9 Å². The molecule has 2 aromatic heterocycles. The summed E-state index contributed by atoms with van der Waals surface area (Å²) in [5.41, 5.74) is 3.17. The molecule has 0 aliphatic heterocycles. The number of rotatable bonds is 4. The van der Waals surface area contributed by atoms with Crippen molar-refractivity contribution in [2.45, 2.75) is 25.2 Å². The quantitative estimate of drug-likeness (QED) is 0.694. The average Bonchev–Trinajstić information content (AvgIpc) is 3.02. The number of allylic oxidation sites excluding steroid dienone is 2. The molecule has 3 aromatic rings. The van der Waals surface area contributed by atoms with E-state index in [1.165, 1.54) is 0 Å². The first-order valence-electron chi connectivity index (χ1n) is 8.38. The van der Waals surface area contributed by atoms with Crippen LogP contribution in [-0.2, 0) is 0 Å². The molecule has 1 unspecified atom stereocenters. The van der Waals surface area contributed by atoms with Gasteiger partial charge in [-0.15, -0.1) is 0 Å². The van der Waals surface area contributed by atoms with Gasteiger partial charge in [0.15, 0.2) is 0 Å². The van der Waals surface area contributed by atoms with Crippen LogP contribution in [-0.4, -0.2) is 16.5 Å². The molecule has 1 aromatic carbocycles. The third-order valence-corrected chi connectivity index (χ3v) is 4.57. The van der Waals surface area contributed by atoms with E-state index in [0.29, 0.717) is 5.92 Å². The molecule has 0 fully saturated rings. The Morgan fingerprint density at radius 1 is 1.12 bits per heavy atom. The number of fused-ring (bicyclic) bond motifs is 1. The van der Waals surface area contributed by atoms with Crippen LogP contribution in [0.4, 0.5) is 11.5 Å². The molecule has 0 saturated carbocycles. The van der Waals surface area contributed by atoms with Crippen LogP contribution in [0, 0.1) is 0 Å². The smallest absolute Gasteiger partial charge is 0.138 e. The van der Waals surface area contributed by atoms with Crippen LogP contribution >= 0.6 is 0 Å². The molecule has 4 heteroatoms. The number of nitrogens with zero attached hydrogens (tertiary/aromatic N) is 2. The highest BCUT2D eigenvalue weighted by Crippen LogP contribution is 2.35. The summed E-state index contributed by atoms with van der Waals surface area (Å²) in [5.74, 6) is 2.39. The standard InChI is InChI=1S/C20H21N3O/c1-24-17-12-10-16(11-13-17)21-20-19(15-7-3-2-4-8-15)22-18-9-5-6-14-23(18)20/h2-3,5-6,9-15,21H,4,7-8H2,1H3. The van der Waals surface area contributed by atoms with E-state index in [9.17, 15) is 0 Å². The molecule has 4 nitrogen and oxygen atoms in total. The summed E-state index contributed by atoms with van der Waals surface area (Å²) in [4.78, 5) is 4.91. The van der Waals surface area contributed by atoms with Gasteiger partial charge in [0, 0.05) is 17.8 Å². The number of aromatic nitrogens is 2. The van der Waals surface area contributed by atoms with Gasteiger partial charge in [-0.25, -0.2) is 4.98 Å². The molecule has 122 valence electrons. The topological polar surface area (TPSA) is 38.6 Å². The second-order valence-corrected chi connectivity index (χ2v) is 6.11. The van der Waals surface area contributed by atoms with Crippen LogP contribution in [0.15, 0.2) is 60.8 Å². The lowest BCUT2D eigenvalue weighted by atomic mass is 9.91. The fourth-order valence-corrected chi connectivity index (χ4v) is 3.28. The van der Waals surface area contributed by atoms with E-state index < -0.39 is 0 Å². The van der Waals surface area contributed by atoms with Crippen LogP contribution in [0.5, 0.6) is 5.75 Å². The second kappa shape index (κ2) is 6.40. The van der Waals surface area contributed by atoms with Crippen molar-refractivity contribution < 1.29 is 4.74 Å². The number of nitrogens with one attached hydrogen (secondary N) is 1. The minimum atomic E-state index is 0.468. The molecular formula is C20H21N3O. The Labute approximate surface area is 141 Å². The lowest BCUT2D eigenvalue weighted by molar-refractivity contribution is 0.415. The van der Waals surface area contributed by atoms with E-state index in [-0.39, 0.29) is 0 Å². The number of hydrogen-bond donors (Lipinski definition) is 1. The zero-order valence-corrected chi connectivity index (χ0v) is 13.8. The number of anilines is 2. The summed E-state index contributed by atoms with van der Waals surface area (Å²) in [6.45, 7) is 0. The van der Waals surface area contributed by atoms with E-state index in [1.807, 2.05) is 36.4 Å². The molecule has 0 bridgehead atoms. The Bertz CT molecular complexity index is 864. The zero-order valence-electron chi connectivity index (χ0n) is 13.8. The van der Waals surface area contributed by atoms with Crippen LogP contribution in [0.2, 0.25) is 0 Å². The summed E-state index contributed by atoms with van der Waals surface area (Å²) in [5, 5.41) is 3.56. The summed E-state index contributed by atoms with van der Waals surface area (Å²) >= 11 is 0. The molecule has 1 aliphatic carbocycles. The van der Waals surface area contributed by atoms with Gasteiger partial charge in [-0.3, -0.25) is 4.40 Å². The molecular weight excluding hydrogens is 298 g/mol. The lowest BCUT2D eigenvalue weighted by Crippen LogP contribution is -2.05. The summed E-state index contributed by atoms with van der Waals surface area (Å²) in [6, 6.07) is 14.1. The summed E-state index contributed by atoms with van der Waals surface area (Å²) < 4.78 is 7.38. The van der Waals surface area contributed by atoms with Crippen molar-refractivity contribution in [3.63, 3.8) is 0 Å². The number of pyridine rings is 1. The molecule has 4 rings (SSSR count). The highest BCUT2D eigenvalue weighted by molar-refractivity contribution is 5.65. The Morgan fingerprint density at radius 3 is 2.75 bits per heavy atom. The van der Waals surface area contributed by atoms with Crippen molar-refractivity contribution in [2.24, 2.45) is 0 Å². The van der Waals surface area contributed by atoms with E-state index in [1.54, 1.807) is 7.11 Å². The highest BCUT2D eigenvalue weighted by Gasteiger charge is 2.21. The average molecular weight is 319 g/mol. The van der Waals surface area contributed by atoms with Crippen molar-refractivity contribution in [1.82, 2.24) is 9.38 Å². The van der Waals surface area contributed by atoms with Gasteiger partial charge in [-0.05, 0) is 55.7 Å². The zero-order chi connectivity index (χ0) is 16.4. The maximum Gasteiger partial charge on any atom is 0.138 e. The minimum absolute atomic E-state index is 0.468. The van der Waals surface area contributed by atoms with E-state index >= 15 is 0 Å². The molecule has 0 saturated heterocycles. The minimum Gasteiger partial charge on any atom is -0.497 e. The first-order valence-corrected chi connectivity index (χ1v) is 8.38. The van der Waals surface area contributed by atoms with Gasteiger partial charge in [0.2, 0.25) is 0 Å². The SMILES string of the molecule is COc1ccc(Nc2c(C3CC=CCC3)nc3ccccn23)cc1. The molecule has 2 heterocycles. The molecule has 1 N–H and O–H groups in total. The maximum absolute atomic E-state index is 5.24. The fraction of sp³-hybridized carbons (Fsp3) is 0.250. The Balaban J connectivity index is 1.75. The molecule has 0 spiro atoms. The van der Waals surface area contributed by atoms with Gasteiger partial charge < -0.3 is 10.1 Å². The predicted octanol–water partition coefficient (Wildman–Crippen LogP) is 4.91. The first kappa shape index (κ1) is 14.8. The second-order valence-electron chi connectivity index (χ2n) is 6.11. The first-order chi connectivity index (χ1) is 11.8. The molecule has 1 aliphatic rings. The lowest BCUT2D eigenvalue weighted by Gasteiger charge is -2.18. The van der Waals surface area contributed by atoms with Gasteiger partial charge >= 0.3 is 0 Å². The van der Waals surface area contributed by atoms with Crippen molar-refractivity contribution in [1.29, 1.82) is 0 Å². The van der Waals surface area contributed by atoms with Crippen LogP contribution in [0.25, 0.3) is 5.65 Å². The molecule has 0 radical (unpaired) electrons. The van der Waals surface area contributed by atoms with Crippen molar-refractivity contribution in [3.05, 3.63) is 66.5 Å². The molecule has 0 amide bonds. The molecule has 24 heavy (non-hydrogen) atoms. The van der Waals surface area contributed by atoms with Crippen LogP contribution in [0.3, 0.4) is 0 Å². The van der Waals surface area contributed by atoms with Gasteiger partial charge in [0.05, 0.1) is 12.8 Å². The Hall–Kier alpha value is -2.75. The number of ether oxygens (including phenoxy) is 1. The van der Waals surface area contributed by atoms with Gasteiger partial charge in [0.1, 0.15) is 17.2 Å². The van der Waals surface area contributed by atoms with Crippen molar-refractivity contribution >= 4 is 17.2 Å². The Kier molecular flexibility index (Phi) is 3.95. The Morgan fingerprint density at radius 2 is 2.00 bits per heavy atom.